The van der Waals surface area contributed by atoms with Gasteiger partial charge < -0.3 is 14.4 Å². The third-order valence-corrected chi connectivity index (χ3v) is 8.52. The van der Waals surface area contributed by atoms with Gasteiger partial charge in [-0.25, -0.2) is 9.37 Å². The van der Waals surface area contributed by atoms with E-state index in [1.54, 1.807) is 18.3 Å². The third-order valence-electron chi connectivity index (χ3n) is 6.49. The van der Waals surface area contributed by atoms with E-state index < -0.39 is 14.0 Å². The number of nitrogens with zero attached hydrogens (tertiary/aromatic N) is 3. The monoisotopic (exact) mass is 725 g/mol. The van der Waals surface area contributed by atoms with Gasteiger partial charge in [-0.3, -0.25) is 0 Å². The summed E-state index contributed by atoms with van der Waals surface area (Å²) in [6, 6.07) is 27.0. The van der Waals surface area contributed by atoms with E-state index in [2.05, 4.69) is 58.9 Å². The maximum atomic E-state index is 14.2. The first kappa shape index (κ1) is 28.0. The SMILES string of the molecule is C[Si](C)(C)c1ccc(-c2[c-]cccc2)nc1.[2H]C(C)(C)c1ccnc(-c2[c-]ccc3c2oc2nccc(F)c23)c1.[Ir]. The zero-order valence-corrected chi connectivity index (χ0v) is 26.4. The van der Waals surface area contributed by atoms with Gasteiger partial charge >= 0.3 is 0 Å². The van der Waals surface area contributed by atoms with Crippen LogP contribution >= 0.6 is 0 Å². The van der Waals surface area contributed by atoms with Gasteiger partial charge in [-0.2, -0.15) is 0 Å². The van der Waals surface area contributed by atoms with Gasteiger partial charge in [0, 0.05) is 40.1 Å². The summed E-state index contributed by atoms with van der Waals surface area (Å²) in [5.41, 5.74) is 4.92. The fourth-order valence-electron chi connectivity index (χ4n) is 4.24. The third kappa shape index (κ3) is 6.28. The topological polar surface area (TPSA) is 51.8 Å². The van der Waals surface area contributed by atoms with Crippen LogP contribution in [0.1, 0.15) is 26.7 Å². The van der Waals surface area contributed by atoms with Crippen molar-refractivity contribution >= 4 is 35.3 Å². The van der Waals surface area contributed by atoms with Crippen LogP contribution in [0.15, 0.2) is 89.7 Å². The molecule has 0 unspecified atom stereocenters. The van der Waals surface area contributed by atoms with Crippen molar-refractivity contribution in [1.29, 1.82) is 0 Å². The van der Waals surface area contributed by atoms with Gasteiger partial charge in [0.15, 0.2) is 0 Å². The molecule has 1 radical (unpaired) electrons. The Morgan fingerprint density at radius 2 is 1.70 bits per heavy atom. The number of fused-ring (bicyclic) bond motifs is 3. The Hall–Kier alpha value is -3.51. The fraction of sp³-hybridized carbons (Fsp3) is 0.182. The van der Waals surface area contributed by atoms with Gasteiger partial charge in [0.2, 0.25) is 5.71 Å². The number of rotatable bonds is 4. The van der Waals surface area contributed by atoms with Crippen molar-refractivity contribution in [3.63, 3.8) is 0 Å². The molecular formula is C33H30FIrN3OSi-2. The van der Waals surface area contributed by atoms with E-state index in [9.17, 15) is 4.39 Å². The molecule has 0 N–H and O–H groups in total. The van der Waals surface area contributed by atoms with Crippen molar-refractivity contribution in [3.05, 3.63) is 109 Å². The van der Waals surface area contributed by atoms with Gasteiger partial charge in [-0.15, -0.1) is 54.1 Å². The molecule has 0 aliphatic heterocycles. The van der Waals surface area contributed by atoms with Crippen LogP contribution in [0.5, 0.6) is 0 Å². The molecule has 0 aliphatic carbocycles. The van der Waals surface area contributed by atoms with E-state index in [1.807, 2.05) is 56.4 Å². The molecule has 0 spiro atoms. The Bertz CT molecular complexity index is 1780. The first-order valence-corrected chi connectivity index (χ1v) is 16.3. The standard InChI is InChI=1S/C19H14FN2O.C14H16NSi.Ir/c1-11(2)12-6-8-21-16(10-12)13-4-3-5-14-17-15(20)7-9-22-19(17)23-18(13)14;1-16(2,3)13-9-10-14(15-11-13)12-7-5-4-6-8-12;/h3,5-11H,1-2H3;4-7,9-11H,1-3H3;/q2*-1;/i11D;;. The van der Waals surface area contributed by atoms with Crippen molar-refractivity contribution < 1.29 is 30.3 Å². The second kappa shape index (κ2) is 12.3. The summed E-state index contributed by atoms with van der Waals surface area (Å²) in [5, 5.41) is 2.40. The van der Waals surface area contributed by atoms with Crippen LogP contribution < -0.4 is 5.19 Å². The largest absolute Gasteiger partial charge is 0.486 e. The van der Waals surface area contributed by atoms with E-state index >= 15 is 0 Å². The van der Waals surface area contributed by atoms with Crippen LogP contribution in [0.4, 0.5) is 4.39 Å². The number of hydrogen-bond acceptors (Lipinski definition) is 4. The summed E-state index contributed by atoms with van der Waals surface area (Å²) in [6.45, 7) is 10.6. The van der Waals surface area contributed by atoms with Gasteiger partial charge in [0.05, 0.1) is 19.0 Å². The molecule has 7 heteroatoms. The zero-order chi connectivity index (χ0) is 28.5. The number of furan rings is 1. The summed E-state index contributed by atoms with van der Waals surface area (Å²) in [4.78, 5) is 13.0. The predicted molar refractivity (Wildman–Crippen MR) is 159 cm³/mol. The molecule has 6 aromatic rings. The van der Waals surface area contributed by atoms with Crippen molar-refractivity contribution in [2.24, 2.45) is 0 Å². The number of aromatic nitrogens is 3. The number of halogens is 1. The molecule has 0 bridgehead atoms. The normalized spacial score (nSPS) is 11.9. The van der Waals surface area contributed by atoms with Gasteiger partial charge in [-0.05, 0) is 34.6 Å². The van der Waals surface area contributed by atoms with Crippen molar-refractivity contribution in [2.75, 3.05) is 0 Å². The second-order valence-electron chi connectivity index (χ2n) is 10.6. The van der Waals surface area contributed by atoms with Crippen LogP contribution in [-0.2, 0) is 20.1 Å². The minimum absolute atomic E-state index is 0. The van der Waals surface area contributed by atoms with Gasteiger partial charge in [-0.1, -0.05) is 68.2 Å². The number of pyridine rings is 3. The van der Waals surface area contributed by atoms with E-state index in [1.165, 1.54) is 17.4 Å². The van der Waals surface area contributed by atoms with Crippen LogP contribution in [0.2, 0.25) is 19.6 Å². The zero-order valence-electron chi connectivity index (χ0n) is 24.0. The first-order valence-electron chi connectivity index (χ1n) is 13.3. The van der Waals surface area contributed by atoms with E-state index in [4.69, 9.17) is 5.79 Å². The van der Waals surface area contributed by atoms with Crippen LogP contribution in [0.3, 0.4) is 0 Å². The van der Waals surface area contributed by atoms with Crippen LogP contribution in [0, 0.1) is 17.9 Å². The molecule has 4 heterocycles. The minimum atomic E-state index is -1.23. The maximum Gasteiger partial charge on any atom is 0.219 e. The van der Waals surface area contributed by atoms with Crippen LogP contribution in [-0.4, -0.2) is 23.0 Å². The van der Waals surface area contributed by atoms with Crippen molar-refractivity contribution in [1.82, 2.24) is 15.0 Å². The molecule has 0 fully saturated rings. The summed E-state index contributed by atoms with van der Waals surface area (Å²) in [6.07, 6.45) is 5.06. The summed E-state index contributed by atoms with van der Waals surface area (Å²) < 4.78 is 28.1. The average molecular weight is 725 g/mol. The molecule has 4 nitrogen and oxygen atoms in total. The molecule has 205 valence electrons. The first-order chi connectivity index (χ1) is 19.0. The molecule has 0 amide bonds. The number of hydrogen-bond donors (Lipinski definition) is 0. The Kier molecular flexibility index (Phi) is 8.65. The molecule has 40 heavy (non-hydrogen) atoms. The van der Waals surface area contributed by atoms with Gasteiger partial charge in [0.25, 0.3) is 0 Å². The Morgan fingerprint density at radius 3 is 2.38 bits per heavy atom. The molecule has 0 aliphatic rings. The predicted octanol–water partition coefficient (Wildman–Crippen LogP) is 8.20. The smallest absolute Gasteiger partial charge is 0.219 e. The van der Waals surface area contributed by atoms with E-state index in [-0.39, 0.29) is 31.6 Å². The van der Waals surface area contributed by atoms with Gasteiger partial charge in [0.1, 0.15) is 5.82 Å². The minimum Gasteiger partial charge on any atom is -0.486 e. The van der Waals surface area contributed by atoms with E-state index in [0.29, 0.717) is 27.6 Å². The molecular weight excluding hydrogens is 694 g/mol. The summed E-state index contributed by atoms with van der Waals surface area (Å²) in [5.74, 6) is -1.11. The quantitative estimate of drug-likeness (QED) is 0.136. The molecule has 0 saturated heterocycles. The maximum absolute atomic E-state index is 14.2. The van der Waals surface area contributed by atoms with Crippen molar-refractivity contribution in [2.45, 2.75) is 39.4 Å². The Morgan fingerprint density at radius 1 is 0.900 bits per heavy atom. The van der Waals surface area contributed by atoms with E-state index in [0.717, 1.165) is 16.8 Å². The molecule has 0 saturated carbocycles. The van der Waals surface area contributed by atoms with Crippen molar-refractivity contribution in [3.8, 4) is 22.5 Å². The molecule has 4 aromatic heterocycles. The number of benzene rings is 2. The fourth-order valence-corrected chi connectivity index (χ4v) is 5.28. The summed E-state index contributed by atoms with van der Waals surface area (Å²) in [7, 11) is -1.23. The van der Waals surface area contributed by atoms with Crippen LogP contribution in [0.25, 0.3) is 44.6 Å². The average Bonchev–Trinajstić information content (AvgIpc) is 3.33. The second-order valence-corrected chi connectivity index (χ2v) is 15.6. The molecule has 0 atom stereocenters. The Balaban J connectivity index is 0.000000200. The Labute approximate surface area is 250 Å². The molecule has 6 rings (SSSR count). The summed E-state index contributed by atoms with van der Waals surface area (Å²) >= 11 is 0. The molecule has 2 aromatic carbocycles.